The first-order valence-electron chi connectivity index (χ1n) is 10.9. The van der Waals surface area contributed by atoms with E-state index in [9.17, 15) is 15.4 Å². The highest BCUT2D eigenvalue weighted by atomic mass is 32.2. The Morgan fingerprint density at radius 2 is 2.09 bits per heavy atom. The fourth-order valence-corrected chi connectivity index (χ4v) is 7.95. The molecule has 2 heterocycles. The lowest BCUT2D eigenvalue weighted by Crippen LogP contribution is -2.27. The van der Waals surface area contributed by atoms with E-state index in [4.69, 9.17) is 4.98 Å². The van der Waals surface area contributed by atoms with Crippen molar-refractivity contribution in [3.8, 4) is 6.07 Å². The summed E-state index contributed by atoms with van der Waals surface area (Å²) in [5, 5.41) is 24.4. The second kappa shape index (κ2) is 10.1. The molecule has 1 saturated heterocycles. The van der Waals surface area contributed by atoms with Crippen LogP contribution in [0.4, 0.5) is 17.3 Å². The lowest BCUT2D eigenvalue weighted by Gasteiger charge is -2.33. The smallest absolute Gasteiger partial charge is 0.271 e. The molecule has 168 valence electrons. The first-order chi connectivity index (χ1) is 15.5. The number of nitro groups is 1. The highest BCUT2D eigenvalue weighted by molar-refractivity contribution is 8.17. The third-order valence-corrected chi connectivity index (χ3v) is 9.57. The van der Waals surface area contributed by atoms with Crippen LogP contribution in [0.25, 0.3) is 0 Å². The van der Waals surface area contributed by atoms with Crippen molar-refractivity contribution < 1.29 is 4.92 Å². The summed E-state index contributed by atoms with van der Waals surface area (Å²) in [6.45, 7) is 2.03. The van der Waals surface area contributed by atoms with Crippen molar-refractivity contribution in [3.63, 3.8) is 0 Å². The maximum absolute atomic E-state index is 11.1. The van der Waals surface area contributed by atoms with Crippen LogP contribution in [0, 0.1) is 46.1 Å². The Hall–Kier alpha value is -2.31. The SMILES string of the molecule is CSC1SC(c2nc(Nc3cccc([N+](=O)[O-])c3)ncc2C)C(C2CCCCC2)C1C#N. The average molecular weight is 470 g/mol. The van der Waals surface area contributed by atoms with E-state index in [1.165, 1.54) is 44.2 Å². The van der Waals surface area contributed by atoms with Crippen molar-refractivity contribution in [3.05, 3.63) is 51.8 Å². The van der Waals surface area contributed by atoms with Crippen LogP contribution in [-0.2, 0) is 0 Å². The summed E-state index contributed by atoms with van der Waals surface area (Å²) < 4.78 is 0.236. The standard InChI is InChI=1S/C23H27N5O2S2/c1-14-13-25-23(26-16-9-6-10-17(11-16)28(29)30)27-20(14)21-19(15-7-4-3-5-8-15)18(12-24)22(31-2)32-21/h6,9-11,13,15,18-19,21-22H,3-5,7-8H2,1-2H3,(H,25,26,27). The summed E-state index contributed by atoms with van der Waals surface area (Å²) in [6.07, 6.45) is 10.0. The molecular weight excluding hydrogens is 442 g/mol. The number of nitrogens with one attached hydrogen (secondary N) is 1. The van der Waals surface area contributed by atoms with Gasteiger partial charge in [0, 0.05) is 24.0 Å². The summed E-state index contributed by atoms with van der Waals surface area (Å²) in [5.74, 6) is 1.26. The van der Waals surface area contributed by atoms with Crippen LogP contribution in [0.5, 0.6) is 0 Å². The van der Waals surface area contributed by atoms with E-state index in [-0.39, 0.29) is 27.4 Å². The highest BCUT2D eigenvalue weighted by Gasteiger charge is 2.49. The van der Waals surface area contributed by atoms with Crippen LogP contribution < -0.4 is 5.32 Å². The average Bonchev–Trinajstić information content (AvgIpc) is 3.19. The first-order valence-corrected chi connectivity index (χ1v) is 13.2. The predicted octanol–water partition coefficient (Wildman–Crippen LogP) is 6.25. The van der Waals surface area contributed by atoms with Crippen molar-refractivity contribution in [2.45, 2.75) is 48.9 Å². The number of aryl methyl sites for hydroxylation is 1. The fourth-order valence-electron chi connectivity index (χ4n) is 4.97. The highest BCUT2D eigenvalue weighted by Crippen LogP contribution is 2.59. The van der Waals surface area contributed by atoms with Gasteiger partial charge >= 0.3 is 0 Å². The van der Waals surface area contributed by atoms with E-state index in [0.29, 0.717) is 17.6 Å². The summed E-state index contributed by atoms with van der Waals surface area (Å²) in [5.41, 5.74) is 2.59. The molecular formula is C23H27N5O2S2. The van der Waals surface area contributed by atoms with E-state index in [1.54, 1.807) is 23.9 Å². The molecule has 0 spiro atoms. The van der Waals surface area contributed by atoms with Crippen LogP contribution in [0.1, 0.15) is 48.6 Å². The molecule has 1 saturated carbocycles. The molecule has 2 aliphatic rings. The van der Waals surface area contributed by atoms with Gasteiger partial charge in [0.1, 0.15) is 0 Å². The van der Waals surface area contributed by atoms with Gasteiger partial charge in [-0.15, -0.1) is 23.5 Å². The molecule has 4 unspecified atom stereocenters. The number of hydrogen-bond acceptors (Lipinski definition) is 8. The molecule has 1 N–H and O–H groups in total. The molecule has 1 aliphatic heterocycles. The Morgan fingerprint density at radius 3 is 2.78 bits per heavy atom. The van der Waals surface area contributed by atoms with Gasteiger partial charge in [0.2, 0.25) is 5.95 Å². The molecule has 1 aliphatic carbocycles. The molecule has 2 fully saturated rings. The van der Waals surface area contributed by atoms with Crippen molar-refractivity contribution in [1.82, 2.24) is 9.97 Å². The van der Waals surface area contributed by atoms with Gasteiger partial charge in [0.25, 0.3) is 5.69 Å². The Morgan fingerprint density at radius 1 is 1.31 bits per heavy atom. The van der Waals surface area contributed by atoms with E-state index in [1.807, 2.05) is 24.9 Å². The maximum atomic E-state index is 11.1. The van der Waals surface area contributed by atoms with Crippen LogP contribution >= 0.6 is 23.5 Å². The van der Waals surface area contributed by atoms with Crippen molar-refractivity contribution in [2.75, 3.05) is 11.6 Å². The van der Waals surface area contributed by atoms with Gasteiger partial charge in [-0.3, -0.25) is 10.1 Å². The maximum Gasteiger partial charge on any atom is 0.271 e. The zero-order valence-electron chi connectivity index (χ0n) is 18.2. The van der Waals surface area contributed by atoms with Gasteiger partial charge in [0.15, 0.2) is 0 Å². The third kappa shape index (κ3) is 4.71. The summed E-state index contributed by atoms with van der Waals surface area (Å²) >= 11 is 3.63. The Kier molecular flexibility index (Phi) is 7.21. The number of nitriles is 1. The minimum atomic E-state index is -0.416. The lowest BCUT2D eigenvalue weighted by molar-refractivity contribution is -0.384. The van der Waals surface area contributed by atoms with E-state index in [2.05, 4.69) is 22.6 Å². The summed E-state index contributed by atoms with van der Waals surface area (Å²) in [4.78, 5) is 20.0. The summed E-state index contributed by atoms with van der Waals surface area (Å²) in [6, 6.07) is 8.98. The zero-order chi connectivity index (χ0) is 22.7. The number of rotatable bonds is 6. The van der Waals surface area contributed by atoms with Crippen LogP contribution in [0.15, 0.2) is 30.5 Å². The van der Waals surface area contributed by atoms with Gasteiger partial charge in [-0.1, -0.05) is 38.2 Å². The van der Waals surface area contributed by atoms with E-state index in [0.717, 1.165) is 11.3 Å². The molecule has 2 aromatic rings. The molecule has 0 bridgehead atoms. The molecule has 9 heteroatoms. The van der Waals surface area contributed by atoms with Crippen LogP contribution in [0.3, 0.4) is 0 Å². The van der Waals surface area contributed by atoms with Gasteiger partial charge in [-0.2, -0.15) is 5.26 Å². The number of hydrogen-bond donors (Lipinski definition) is 1. The quantitative estimate of drug-likeness (QED) is 0.391. The molecule has 4 atom stereocenters. The second-order valence-electron chi connectivity index (χ2n) is 8.49. The first kappa shape index (κ1) is 22.9. The molecule has 0 radical (unpaired) electrons. The predicted molar refractivity (Wildman–Crippen MR) is 130 cm³/mol. The molecule has 1 aromatic heterocycles. The fraction of sp³-hybridized carbons (Fsp3) is 0.522. The zero-order valence-corrected chi connectivity index (χ0v) is 19.9. The number of nitro benzene ring substituents is 1. The second-order valence-corrected chi connectivity index (χ2v) is 11.1. The molecule has 7 nitrogen and oxygen atoms in total. The normalized spacial score (nSPS) is 25.9. The minimum Gasteiger partial charge on any atom is -0.324 e. The van der Waals surface area contributed by atoms with Gasteiger partial charge in [-0.05, 0) is 36.6 Å². The van der Waals surface area contributed by atoms with E-state index >= 15 is 0 Å². The summed E-state index contributed by atoms with van der Waals surface area (Å²) in [7, 11) is 0. The van der Waals surface area contributed by atoms with E-state index < -0.39 is 4.92 Å². The minimum absolute atomic E-state index is 0.00523. The van der Waals surface area contributed by atoms with Gasteiger partial charge in [-0.25, -0.2) is 9.97 Å². The van der Waals surface area contributed by atoms with Crippen molar-refractivity contribution in [1.29, 1.82) is 5.26 Å². The lowest BCUT2D eigenvalue weighted by atomic mass is 9.72. The molecule has 0 amide bonds. The number of benzene rings is 1. The Bertz CT molecular complexity index is 1020. The molecule has 1 aromatic carbocycles. The topological polar surface area (TPSA) is 105 Å². The monoisotopic (exact) mass is 469 g/mol. The molecule has 4 rings (SSSR count). The van der Waals surface area contributed by atoms with Crippen LogP contribution in [0.2, 0.25) is 0 Å². The third-order valence-electron chi connectivity index (χ3n) is 6.51. The number of non-ortho nitro benzene ring substituents is 1. The largest absolute Gasteiger partial charge is 0.324 e. The molecule has 32 heavy (non-hydrogen) atoms. The van der Waals surface area contributed by atoms with Gasteiger partial charge in [0.05, 0.1) is 32.4 Å². The van der Waals surface area contributed by atoms with Gasteiger partial charge < -0.3 is 5.32 Å². The Balaban J connectivity index is 1.66. The number of aromatic nitrogens is 2. The van der Waals surface area contributed by atoms with Crippen LogP contribution in [-0.4, -0.2) is 25.7 Å². The number of anilines is 2. The number of nitrogens with zero attached hydrogens (tertiary/aromatic N) is 4. The Labute approximate surface area is 197 Å². The van der Waals surface area contributed by atoms with Crippen molar-refractivity contribution >= 4 is 40.8 Å². The van der Waals surface area contributed by atoms with Crippen molar-refractivity contribution in [2.24, 2.45) is 17.8 Å². The number of thioether (sulfide) groups is 2.